The Morgan fingerprint density at radius 2 is 2.00 bits per heavy atom. The molecule has 1 unspecified atom stereocenters. The van der Waals surface area contributed by atoms with Gasteiger partial charge in [0.25, 0.3) is 0 Å². The molecule has 11 heteroatoms. The number of anilines is 1. The molecule has 3 aromatic rings. The number of carbonyl (C=O) groups is 1. The number of thiazole rings is 1. The number of nitrogens with one attached hydrogen (secondary N) is 2. The number of thioether (sulfide) groups is 1. The molecule has 2 N–H and O–H groups in total. The van der Waals surface area contributed by atoms with E-state index in [2.05, 4.69) is 15.0 Å². The summed E-state index contributed by atoms with van der Waals surface area (Å²) >= 11 is 2.51. The van der Waals surface area contributed by atoms with Crippen molar-refractivity contribution in [3.63, 3.8) is 0 Å². The maximum atomic E-state index is 13.9. The number of rotatable bonds is 8. The van der Waals surface area contributed by atoms with Gasteiger partial charge in [-0.2, -0.15) is 16.5 Å². The molecule has 1 heterocycles. The highest BCUT2D eigenvalue weighted by Crippen LogP contribution is 2.26. The van der Waals surface area contributed by atoms with E-state index in [1.165, 1.54) is 42.1 Å². The average molecular weight is 458 g/mol. The molecule has 0 aliphatic heterocycles. The Morgan fingerprint density at radius 1 is 1.24 bits per heavy atom. The topological polar surface area (TPSA) is 88.2 Å². The van der Waals surface area contributed by atoms with Gasteiger partial charge in [-0.3, -0.25) is 4.79 Å². The molecule has 1 amide bonds. The molecule has 1 aromatic heterocycles. The molecule has 6 nitrogen and oxygen atoms in total. The molecule has 29 heavy (non-hydrogen) atoms. The molecular weight excluding hydrogens is 440 g/mol. The Bertz CT molecular complexity index is 1140. The summed E-state index contributed by atoms with van der Waals surface area (Å²) < 4.78 is 55.2. The lowest BCUT2D eigenvalue weighted by Crippen LogP contribution is -2.44. The molecule has 0 saturated heterocycles. The van der Waals surface area contributed by atoms with E-state index < -0.39 is 38.5 Å². The molecule has 0 spiro atoms. The second kappa shape index (κ2) is 9.16. The van der Waals surface area contributed by atoms with E-state index in [1.54, 1.807) is 0 Å². The van der Waals surface area contributed by atoms with Crippen molar-refractivity contribution in [2.45, 2.75) is 17.4 Å². The van der Waals surface area contributed by atoms with Crippen molar-refractivity contribution < 1.29 is 22.0 Å². The number of aromatic nitrogens is 1. The normalized spacial score (nSPS) is 12.8. The summed E-state index contributed by atoms with van der Waals surface area (Å²) in [6.07, 6.45) is 2.02. The van der Waals surface area contributed by atoms with Crippen LogP contribution < -0.4 is 10.0 Å². The molecule has 0 aliphatic carbocycles. The van der Waals surface area contributed by atoms with E-state index in [-0.39, 0.29) is 11.6 Å². The lowest BCUT2D eigenvalue weighted by Gasteiger charge is -2.17. The van der Waals surface area contributed by atoms with E-state index in [9.17, 15) is 22.0 Å². The van der Waals surface area contributed by atoms with Gasteiger partial charge in [0.2, 0.25) is 15.9 Å². The second-order valence-electron chi connectivity index (χ2n) is 6.01. The second-order valence-corrected chi connectivity index (χ2v) is 9.70. The summed E-state index contributed by atoms with van der Waals surface area (Å²) in [6, 6.07) is 7.86. The molecule has 0 radical (unpaired) electrons. The van der Waals surface area contributed by atoms with Crippen LogP contribution in [-0.4, -0.2) is 37.4 Å². The zero-order chi connectivity index (χ0) is 21.0. The van der Waals surface area contributed by atoms with E-state index in [0.717, 1.165) is 23.5 Å². The third kappa shape index (κ3) is 5.30. The first-order chi connectivity index (χ1) is 13.8. The Labute approximate surface area is 174 Å². The Balaban J connectivity index is 1.81. The summed E-state index contributed by atoms with van der Waals surface area (Å²) in [5.74, 6) is -1.45. The summed E-state index contributed by atoms with van der Waals surface area (Å²) in [5, 5.41) is 2.78. The quantitative estimate of drug-likeness (QED) is 0.540. The van der Waals surface area contributed by atoms with Gasteiger partial charge in [0, 0.05) is 0 Å². The molecule has 0 aliphatic rings. The van der Waals surface area contributed by atoms with Gasteiger partial charge in [-0.05, 0) is 48.8 Å². The Morgan fingerprint density at radius 3 is 2.72 bits per heavy atom. The number of nitrogens with zero attached hydrogens (tertiary/aromatic N) is 1. The standard InChI is InChI=1S/C18H17F2N3O3S3/c1-27-9-8-14(23-29(25,26)16-5-3-2-4-12(16)20)17(24)22-18-21-13-7-6-11(19)10-15(13)28-18/h2-7,10,14,23H,8-9H2,1H3,(H,21,22,24). The number of sulfonamides is 1. The van der Waals surface area contributed by atoms with Crippen molar-refractivity contribution in [1.29, 1.82) is 0 Å². The third-order valence-electron chi connectivity index (χ3n) is 3.93. The minimum atomic E-state index is -4.25. The predicted octanol–water partition coefficient (Wildman–Crippen LogP) is 3.61. The highest BCUT2D eigenvalue weighted by molar-refractivity contribution is 7.98. The summed E-state index contributed by atoms with van der Waals surface area (Å²) in [5.41, 5.74) is 0.513. The number of halogens is 2. The molecule has 2 aromatic carbocycles. The van der Waals surface area contributed by atoms with Crippen molar-refractivity contribution in [1.82, 2.24) is 9.71 Å². The fourth-order valence-electron chi connectivity index (χ4n) is 2.54. The van der Waals surface area contributed by atoms with Crippen LogP contribution in [0.1, 0.15) is 6.42 Å². The summed E-state index contributed by atoms with van der Waals surface area (Å²) in [7, 11) is -4.25. The fraction of sp³-hybridized carbons (Fsp3) is 0.222. The molecular formula is C18H17F2N3O3S3. The monoisotopic (exact) mass is 457 g/mol. The number of carbonyl (C=O) groups excluding carboxylic acids is 1. The van der Waals surface area contributed by atoms with E-state index in [4.69, 9.17) is 0 Å². The van der Waals surface area contributed by atoms with Gasteiger partial charge >= 0.3 is 0 Å². The van der Waals surface area contributed by atoms with Gasteiger partial charge in [0.1, 0.15) is 22.6 Å². The highest BCUT2D eigenvalue weighted by Gasteiger charge is 2.28. The molecule has 3 rings (SSSR count). The van der Waals surface area contributed by atoms with Crippen LogP contribution in [0.2, 0.25) is 0 Å². The first kappa shape index (κ1) is 21.6. The van der Waals surface area contributed by atoms with Crippen LogP contribution in [-0.2, 0) is 14.8 Å². The van der Waals surface area contributed by atoms with Gasteiger partial charge < -0.3 is 5.32 Å². The van der Waals surface area contributed by atoms with Crippen LogP contribution in [0.3, 0.4) is 0 Å². The average Bonchev–Trinajstić information content (AvgIpc) is 3.06. The van der Waals surface area contributed by atoms with Crippen LogP contribution in [0.15, 0.2) is 47.4 Å². The van der Waals surface area contributed by atoms with Gasteiger partial charge in [-0.1, -0.05) is 23.5 Å². The first-order valence-corrected chi connectivity index (χ1v) is 12.1. The third-order valence-corrected chi connectivity index (χ3v) is 7.01. The zero-order valence-corrected chi connectivity index (χ0v) is 17.6. The van der Waals surface area contributed by atoms with Crippen LogP contribution in [0.4, 0.5) is 13.9 Å². The smallest absolute Gasteiger partial charge is 0.244 e. The minimum absolute atomic E-state index is 0.195. The van der Waals surface area contributed by atoms with Crippen molar-refractivity contribution in [3.05, 3.63) is 54.1 Å². The Kier molecular flexibility index (Phi) is 6.83. The maximum Gasteiger partial charge on any atom is 0.244 e. The summed E-state index contributed by atoms with van der Waals surface area (Å²) in [4.78, 5) is 16.4. The van der Waals surface area contributed by atoms with Gasteiger partial charge in [0.15, 0.2) is 5.13 Å². The van der Waals surface area contributed by atoms with Crippen molar-refractivity contribution in [3.8, 4) is 0 Å². The van der Waals surface area contributed by atoms with E-state index >= 15 is 0 Å². The SMILES string of the molecule is CSCCC(NS(=O)(=O)c1ccccc1F)C(=O)Nc1nc2ccc(F)cc2s1. The van der Waals surface area contributed by atoms with Crippen molar-refractivity contribution in [2.75, 3.05) is 17.3 Å². The molecule has 0 saturated carbocycles. The van der Waals surface area contributed by atoms with Crippen LogP contribution >= 0.6 is 23.1 Å². The largest absolute Gasteiger partial charge is 0.301 e. The number of benzene rings is 2. The fourth-order valence-corrected chi connectivity index (χ4v) is 5.21. The van der Waals surface area contributed by atoms with Crippen LogP contribution in [0, 0.1) is 11.6 Å². The van der Waals surface area contributed by atoms with E-state index in [1.807, 2.05) is 6.26 Å². The Hall–Kier alpha value is -2.08. The number of fused-ring (bicyclic) bond motifs is 1. The number of hydrogen-bond donors (Lipinski definition) is 2. The van der Waals surface area contributed by atoms with Gasteiger partial charge in [-0.15, -0.1) is 0 Å². The molecule has 0 fully saturated rings. The zero-order valence-electron chi connectivity index (χ0n) is 15.2. The molecule has 0 bridgehead atoms. The predicted molar refractivity (Wildman–Crippen MR) is 112 cm³/mol. The molecule has 1 atom stereocenters. The van der Waals surface area contributed by atoms with Crippen molar-refractivity contribution in [2.24, 2.45) is 0 Å². The lowest BCUT2D eigenvalue weighted by molar-refractivity contribution is -0.117. The number of amides is 1. The lowest BCUT2D eigenvalue weighted by atomic mass is 10.2. The highest BCUT2D eigenvalue weighted by atomic mass is 32.2. The minimum Gasteiger partial charge on any atom is -0.301 e. The van der Waals surface area contributed by atoms with Crippen LogP contribution in [0.25, 0.3) is 10.2 Å². The maximum absolute atomic E-state index is 13.9. The first-order valence-electron chi connectivity index (χ1n) is 8.43. The molecule has 154 valence electrons. The van der Waals surface area contributed by atoms with Crippen molar-refractivity contribution >= 4 is 54.4 Å². The van der Waals surface area contributed by atoms with Crippen LogP contribution in [0.5, 0.6) is 0 Å². The van der Waals surface area contributed by atoms with E-state index in [0.29, 0.717) is 16.0 Å². The van der Waals surface area contributed by atoms with Gasteiger partial charge in [-0.25, -0.2) is 22.2 Å². The number of hydrogen-bond acceptors (Lipinski definition) is 6. The summed E-state index contributed by atoms with van der Waals surface area (Å²) in [6.45, 7) is 0. The van der Waals surface area contributed by atoms with Gasteiger partial charge in [0.05, 0.1) is 10.2 Å².